The molecule has 0 radical (unpaired) electrons. The van der Waals surface area contributed by atoms with E-state index < -0.39 is 45.3 Å². The van der Waals surface area contributed by atoms with Crippen LogP contribution in [0, 0.1) is 0 Å². The summed E-state index contributed by atoms with van der Waals surface area (Å²) in [4.78, 5) is 42.2. The SMILES string of the molecule is CCCCCCCCCCC(=O)OCOC(=O)NCP(=O)(O)OCC(=O)O. The van der Waals surface area contributed by atoms with Crippen LogP contribution in [-0.2, 0) is 28.2 Å². The molecule has 158 valence electrons. The maximum atomic E-state index is 11.5. The molecule has 0 aliphatic carbocycles. The summed E-state index contributed by atoms with van der Waals surface area (Å²) in [6.45, 7) is 0.579. The molecule has 10 nitrogen and oxygen atoms in total. The lowest BCUT2D eigenvalue weighted by Gasteiger charge is -2.12. The number of carbonyl (C=O) groups excluding carboxylic acids is 2. The van der Waals surface area contributed by atoms with Crippen molar-refractivity contribution in [3.8, 4) is 0 Å². The Labute approximate surface area is 159 Å². The second-order valence-corrected chi connectivity index (χ2v) is 7.78. The van der Waals surface area contributed by atoms with Gasteiger partial charge in [0.25, 0.3) is 0 Å². The molecule has 0 aliphatic heterocycles. The topological polar surface area (TPSA) is 148 Å². The number of hydrogen-bond acceptors (Lipinski definition) is 7. The average Bonchev–Trinajstić information content (AvgIpc) is 2.61. The molecular weight excluding hydrogens is 381 g/mol. The Balaban J connectivity index is 3.63. The first-order valence-electron chi connectivity index (χ1n) is 9.01. The normalized spacial score (nSPS) is 12.8. The highest BCUT2D eigenvalue weighted by molar-refractivity contribution is 7.52. The van der Waals surface area contributed by atoms with E-state index >= 15 is 0 Å². The van der Waals surface area contributed by atoms with Gasteiger partial charge in [-0.3, -0.25) is 13.9 Å². The van der Waals surface area contributed by atoms with Crippen molar-refractivity contribution in [3.63, 3.8) is 0 Å². The van der Waals surface area contributed by atoms with E-state index in [2.05, 4.69) is 16.2 Å². The summed E-state index contributed by atoms with van der Waals surface area (Å²) < 4.78 is 24.8. The summed E-state index contributed by atoms with van der Waals surface area (Å²) >= 11 is 0. The molecule has 0 saturated heterocycles. The van der Waals surface area contributed by atoms with Gasteiger partial charge in [-0.15, -0.1) is 0 Å². The van der Waals surface area contributed by atoms with Crippen LogP contribution in [0.1, 0.15) is 64.7 Å². The number of nitrogens with one attached hydrogen (secondary N) is 1. The summed E-state index contributed by atoms with van der Waals surface area (Å²) in [6.07, 6.45) is 7.10. The maximum Gasteiger partial charge on any atom is 0.410 e. The Kier molecular flexibility index (Phi) is 14.5. The minimum absolute atomic E-state index is 0.231. The van der Waals surface area contributed by atoms with Crippen molar-refractivity contribution in [3.05, 3.63) is 0 Å². The van der Waals surface area contributed by atoms with Crippen LogP contribution in [0.15, 0.2) is 0 Å². The van der Waals surface area contributed by atoms with Crippen molar-refractivity contribution in [2.24, 2.45) is 0 Å². The minimum Gasteiger partial charge on any atom is -0.480 e. The van der Waals surface area contributed by atoms with E-state index in [0.29, 0.717) is 6.42 Å². The first-order valence-corrected chi connectivity index (χ1v) is 10.8. The van der Waals surface area contributed by atoms with Gasteiger partial charge < -0.3 is 24.8 Å². The van der Waals surface area contributed by atoms with Crippen LogP contribution >= 0.6 is 7.60 Å². The summed E-state index contributed by atoms with van der Waals surface area (Å²) in [5, 5.41) is 10.3. The highest BCUT2D eigenvalue weighted by atomic mass is 31.2. The second kappa shape index (κ2) is 15.4. The van der Waals surface area contributed by atoms with Crippen molar-refractivity contribution in [2.75, 3.05) is 19.7 Å². The summed E-state index contributed by atoms with van der Waals surface area (Å²) in [7, 11) is -4.28. The predicted octanol–water partition coefficient (Wildman–Crippen LogP) is 2.99. The highest BCUT2D eigenvalue weighted by Crippen LogP contribution is 2.39. The van der Waals surface area contributed by atoms with Crippen LogP contribution in [0.3, 0.4) is 0 Å². The zero-order valence-electron chi connectivity index (χ0n) is 15.7. The van der Waals surface area contributed by atoms with Gasteiger partial charge in [0, 0.05) is 6.42 Å². The monoisotopic (exact) mass is 411 g/mol. The summed E-state index contributed by atoms with van der Waals surface area (Å²) in [5.41, 5.74) is 0. The number of aliphatic carboxylic acids is 1. The number of alkyl carbamates (subject to hydrolysis) is 1. The third kappa shape index (κ3) is 17.5. The maximum absolute atomic E-state index is 11.5. The number of carboxylic acids is 1. The molecule has 0 rings (SSSR count). The number of amides is 1. The number of unbranched alkanes of at least 4 members (excludes halogenated alkanes) is 7. The van der Waals surface area contributed by atoms with Gasteiger partial charge in [-0.05, 0) is 6.42 Å². The number of rotatable bonds is 16. The Bertz CT molecular complexity index is 498. The van der Waals surface area contributed by atoms with Gasteiger partial charge in [0.2, 0.25) is 6.79 Å². The fourth-order valence-corrected chi connectivity index (χ4v) is 2.77. The molecular formula is C16H30NO9P. The Morgan fingerprint density at radius 2 is 1.56 bits per heavy atom. The number of carbonyl (C=O) groups is 3. The van der Waals surface area contributed by atoms with Crippen LogP contribution in [-0.4, -0.2) is 47.7 Å². The van der Waals surface area contributed by atoms with Gasteiger partial charge in [0.15, 0.2) is 6.61 Å². The lowest BCUT2D eigenvalue weighted by molar-refractivity contribution is -0.152. The van der Waals surface area contributed by atoms with E-state index in [0.717, 1.165) is 19.3 Å². The highest BCUT2D eigenvalue weighted by Gasteiger charge is 2.22. The largest absolute Gasteiger partial charge is 0.480 e. The average molecular weight is 411 g/mol. The zero-order valence-corrected chi connectivity index (χ0v) is 16.6. The molecule has 0 saturated carbocycles. The first kappa shape index (κ1) is 25.4. The molecule has 0 heterocycles. The first-order chi connectivity index (χ1) is 12.8. The molecule has 1 unspecified atom stereocenters. The predicted molar refractivity (Wildman–Crippen MR) is 96.1 cm³/mol. The van der Waals surface area contributed by atoms with Gasteiger partial charge in [-0.1, -0.05) is 51.9 Å². The molecule has 0 aromatic carbocycles. The molecule has 1 amide bonds. The number of esters is 1. The van der Waals surface area contributed by atoms with E-state index in [9.17, 15) is 23.8 Å². The van der Waals surface area contributed by atoms with Crippen molar-refractivity contribution in [2.45, 2.75) is 64.7 Å². The number of ether oxygens (including phenoxy) is 2. The van der Waals surface area contributed by atoms with Gasteiger partial charge in [-0.2, -0.15) is 0 Å². The molecule has 1 atom stereocenters. The molecule has 0 aliphatic rings. The Hall–Kier alpha value is -1.64. The third-order valence-electron chi connectivity index (χ3n) is 3.46. The van der Waals surface area contributed by atoms with E-state index in [1.54, 1.807) is 0 Å². The van der Waals surface area contributed by atoms with E-state index in [1.165, 1.54) is 25.7 Å². The molecule has 0 aromatic heterocycles. The summed E-state index contributed by atoms with van der Waals surface area (Å²) in [5.74, 6) is -1.92. The lowest BCUT2D eigenvalue weighted by Crippen LogP contribution is -2.27. The Morgan fingerprint density at radius 3 is 2.15 bits per heavy atom. The third-order valence-corrected chi connectivity index (χ3v) is 4.55. The zero-order chi connectivity index (χ0) is 20.5. The quantitative estimate of drug-likeness (QED) is 0.151. The standard InChI is InChI=1S/C16H30NO9P/c1-2-3-4-5-6-7-8-9-10-15(20)24-13-25-16(21)17-12-27(22,23)26-11-14(18)19/h2-13H2,1H3,(H,17,21)(H,18,19)(H,22,23). The van der Waals surface area contributed by atoms with Gasteiger partial charge in [0.1, 0.15) is 6.29 Å². The van der Waals surface area contributed by atoms with Crippen molar-refractivity contribution >= 4 is 25.6 Å². The van der Waals surface area contributed by atoms with Gasteiger partial charge in [-0.25, -0.2) is 9.59 Å². The Morgan fingerprint density at radius 1 is 0.963 bits per heavy atom. The number of hydrogen-bond donors (Lipinski definition) is 3. The van der Waals surface area contributed by atoms with Crippen LogP contribution in [0.25, 0.3) is 0 Å². The van der Waals surface area contributed by atoms with E-state index in [4.69, 9.17) is 9.84 Å². The van der Waals surface area contributed by atoms with Crippen molar-refractivity contribution < 1.29 is 42.9 Å². The minimum atomic E-state index is -4.28. The molecule has 0 aromatic rings. The molecule has 0 bridgehead atoms. The van der Waals surface area contributed by atoms with Crippen molar-refractivity contribution in [1.82, 2.24) is 5.32 Å². The van der Waals surface area contributed by atoms with Crippen LogP contribution in [0.2, 0.25) is 0 Å². The summed E-state index contributed by atoms with van der Waals surface area (Å²) in [6, 6.07) is 0. The molecule has 0 fully saturated rings. The lowest BCUT2D eigenvalue weighted by atomic mass is 10.1. The fourth-order valence-electron chi connectivity index (χ4n) is 2.04. The molecule has 27 heavy (non-hydrogen) atoms. The van der Waals surface area contributed by atoms with E-state index in [1.807, 2.05) is 5.32 Å². The second-order valence-electron chi connectivity index (χ2n) is 5.93. The van der Waals surface area contributed by atoms with Gasteiger partial charge in [0.05, 0.1) is 0 Å². The fraction of sp³-hybridized carbons (Fsp3) is 0.812. The van der Waals surface area contributed by atoms with Crippen molar-refractivity contribution in [1.29, 1.82) is 0 Å². The van der Waals surface area contributed by atoms with E-state index in [-0.39, 0.29) is 6.42 Å². The van der Waals surface area contributed by atoms with Crippen LogP contribution in [0.4, 0.5) is 4.79 Å². The smallest absolute Gasteiger partial charge is 0.410 e. The molecule has 11 heteroatoms. The molecule has 0 spiro atoms. The van der Waals surface area contributed by atoms with Crippen LogP contribution < -0.4 is 5.32 Å². The molecule has 3 N–H and O–H groups in total. The van der Waals surface area contributed by atoms with Gasteiger partial charge >= 0.3 is 25.6 Å². The number of carboxylic acid groups (broad SMARTS) is 1. The van der Waals surface area contributed by atoms with Crippen LogP contribution in [0.5, 0.6) is 0 Å².